The number of fused-ring (bicyclic) bond motifs is 2. The van der Waals surface area contributed by atoms with Gasteiger partial charge in [0.05, 0.1) is 39.6 Å². The third-order valence-electron chi connectivity index (χ3n) is 14.0. The molecule has 2 unspecified atom stereocenters. The monoisotopic (exact) mass is 928 g/mol. The van der Waals surface area contributed by atoms with E-state index >= 15 is 0 Å². The number of hydrogen-bond acceptors (Lipinski definition) is 12. The molecule has 2 atom stereocenters. The molecule has 0 aliphatic carbocycles. The van der Waals surface area contributed by atoms with Crippen LogP contribution in [0.2, 0.25) is 0 Å². The van der Waals surface area contributed by atoms with Crippen molar-refractivity contribution in [3.63, 3.8) is 0 Å². The molecule has 8 rings (SSSR count). The van der Waals surface area contributed by atoms with Crippen molar-refractivity contribution < 1.29 is 47.6 Å². The fraction of sp³-hybridized carbons (Fsp3) is 0.444. The van der Waals surface area contributed by atoms with E-state index in [1.165, 1.54) is 0 Å². The maximum Gasteiger partial charge on any atom is 0.332 e. The minimum atomic E-state index is -0.833. The molecule has 2 amide bonds. The predicted molar refractivity (Wildman–Crippen MR) is 256 cm³/mol. The molecular formula is C54H64N4O10. The molecule has 4 heterocycles. The molecule has 68 heavy (non-hydrogen) atoms. The highest BCUT2D eigenvalue weighted by molar-refractivity contribution is 5.95. The third-order valence-corrected chi connectivity index (χ3v) is 14.0. The second-order valence-corrected chi connectivity index (χ2v) is 18.3. The number of carbonyl (C=O) groups is 4. The summed E-state index contributed by atoms with van der Waals surface area (Å²) in [6, 6.07) is 22.7. The zero-order chi connectivity index (χ0) is 47.9. The van der Waals surface area contributed by atoms with Gasteiger partial charge in [0.2, 0.25) is 0 Å². The summed E-state index contributed by atoms with van der Waals surface area (Å²) in [6.45, 7) is 8.92. The van der Waals surface area contributed by atoms with Crippen LogP contribution in [0.25, 0.3) is 0 Å². The van der Waals surface area contributed by atoms with Crippen LogP contribution < -0.4 is 18.9 Å². The van der Waals surface area contributed by atoms with Crippen LogP contribution in [0.5, 0.6) is 23.0 Å². The van der Waals surface area contributed by atoms with Crippen molar-refractivity contribution in [3.05, 3.63) is 129 Å². The van der Waals surface area contributed by atoms with Crippen LogP contribution in [-0.2, 0) is 31.9 Å². The third kappa shape index (κ3) is 10.7. The molecule has 14 nitrogen and oxygen atoms in total. The minimum Gasteiger partial charge on any atom is -0.496 e. The highest BCUT2D eigenvalue weighted by Crippen LogP contribution is 2.44. The van der Waals surface area contributed by atoms with Gasteiger partial charge in [-0.2, -0.15) is 0 Å². The Morgan fingerprint density at radius 1 is 0.515 bits per heavy atom. The maximum atomic E-state index is 13.9. The molecule has 2 saturated heterocycles. The lowest BCUT2D eigenvalue weighted by Crippen LogP contribution is -2.45. The van der Waals surface area contributed by atoms with Gasteiger partial charge in [0.1, 0.15) is 23.0 Å². The first-order valence-electron chi connectivity index (χ1n) is 23.7. The largest absolute Gasteiger partial charge is 0.496 e. The van der Waals surface area contributed by atoms with E-state index in [2.05, 4.69) is 9.80 Å². The zero-order valence-electron chi connectivity index (χ0n) is 40.2. The van der Waals surface area contributed by atoms with E-state index in [1.54, 1.807) is 28.4 Å². The molecule has 4 aliphatic rings. The number of hydrogen-bond donors (Lipinski definition) is 0. The van der Waals surface area contributed by atoms with E-state index in [1.807, 2.05) is 96.4 Å². The SMILES string of the molecule is COc1ccc(OC)c2c1CCN(CC1CCN(C(=O)c3cccc(C)c3)CC1)C2OC(=O)/C=C/C(=O)OC1c2c(OC)ccc(OC)c2CCN1CC1CCN(C(=O)c2cccc(C)c2)CC1. The first-order chi connectivity index (χ1) is 33.0. The first-order valence-corrected chi connectivity index (χ1v) is 23.7. The topological polar surface area (TPSA) is 137 Å². The molecule has 4 aromatic carbocycles. The van der Waals surface area contributed by atoms with E-state index < -0.39 is 24.4 Å². The second kappa shape index (κ2) is 21.7. The van der Waals surface area contributed by atoms with Crippen molar-refractivity contribution in [1.82, 2.24) is 19.6 Å². The Bertz CT molecular complexity index is 2340. The normalized spacial score (nSPS) is 19.2. The summed E-state index contributed by atoms with van der Waals surface area (Å²) in [5.41, 5.74) is 6.69. The fourth-order valence-electron chi connectivity index (χ4n) is 10.5. The van der Waals surface area contributed by atoms with Crippen molar-refractivity contribution in [1.29, 1.82) is 0 Å². The van der Waals surface area contributed by atoms with Gasteiger partial charge >= 0.3 is 11.9 Å². The number of aryl methyl sites for hydroxylation is 2. The van der Waals surface area contributed by atoms with E-state index in [4.69, 9.17) is 28.4 Å². The number of piperidine rings is 2. The fourth-order valence-corrected chi connectivity index (χ4v) is 10.5. The Kier molecular flexibility index (Phi) is 15.4. The van der Waals surface area contributed by atoms with Gasteiger partial charge < -0.3 is 38.2 Å². The molecule has 0 spiro atoms. The predicted octanol–water partition coefficient (Wildman–Crippen LogP) is 7.50. The van der Waals surface area contributed by atoms with Crippen molar-refractivity contribution in [2.75, 3.05) is 80.8 Å². The van der Waals surface area contributed by atoms with Gasteiger partial charge in [-0.25, -0.2) is 9.59 Å². The van der Waals surface area contributed by atoms with Gasteiger partial charge in [0, 0.05) is 86.8 Å². The summed E-state index contributed by atoms with van der Waals surface area (Å²) in [5.74, 6) is 1.60. The standard InChI is InChI=1S/C54H64N4O10/c1-35-9-7-11-39(31-35)51(61)55-25-19-37(20-26-55)33-57-29-23-41-43(63-3)13-15-45(65-5)49(41)53(57)67-47(59)17-18-48(60)68-54-50-42(44(64-4)14-16-46(50)66-6)24-30-58(54)34-38-21-27-56(28-22-38)52(62)40-12-8-10-36(2)32-40/h7-18,31-32,37-38,53-54H,19-30,33-34H2,1-6H3/b18-17+. The Morgan fingerprint density at radius 2 is 0.882 bits per heavy atom. The van der Waals surface area contributed by atoms with Crippen LogP contribution in [0.4, 0.5) is 0 Å². The average Bonchev–Trinajstić information content (AvgIpc) is 3.36. The number of rotatable bonds is 14. The van der Waals surface area contributed by atoms with Crippen LogP contribution in [0, 0.1) is 25.7 Å². The molecule has 2 fully saturated rings. The van der Waals surface area contributed by atoms with Gasteiger partial charge in [0.15, 0.2) is 12.5 Å². The lowest BCUT2D eigenvalue weighted by Gasteiger charge is -2.41. The number of likely N-dealkylation sites (tertiary alicyclic amines) is 2. The van der Waals surface area contributed by atoms with Crippen molar-refractivity contribution in [2.24, 2.45) is 11.8 Å². The van der Waals surface area contributed by atoms with Crippen LogP contribution >= 0.6 is 0 Å². The number of carbonyl (C=O) groups excluding carboxylic acids is 4. The van der Waals surface area contributed by atoms with Crippen molar-refractivity contribution in [2.45, 2.75) is 64.8 Å². The molecule has 0 bridgehead atoms. The minimum absolute atomic E-state index is 0.0384. The molecular weight excluding hydrogens is 865 g/mol. The summed E-state index contributed by atoms with van der Waals surface area (Å²) in [5, 5.41) is 0. The van der Waals surface area contributed by atoms with E-state index in [0.29, 0.717) is 110 Å². The van der Waals surface area contributed by atoms with Gasteiger partial charge in [-0.3, -0.25) is 19.4 Å². The lowest BCUT2D eigenvalue weighted by atomic mass is 9.91. The van der Waals surface area contributed by atoms with Crippen LogP contribution in [0.3, 0.4) is 0 Å². The molecule has 0 N–H and O–H groups in total. The van der Waals surface area contributed by atoms with E-state index in [0.717, 1.165) is 60.1 Å². The van der Waals surface area contributed by atoms with Crippen LogP contribution in [0.1, 0.15) is 92.2 Å². The molecule has 4 aliphatic heterocycles. The zero-order valence-corrected chi connectivity index (χ0v) is 40.2. The lowest BCUT2D eigenvalue weighted by molar-refractivity contribution is -0.159. The van der Waals surface area contributed by atoms with Gasteiger partial charge in [-0.05, 0) is 113 Å². The molecule has 4 aromatic rings. The van der Waals surface area contributed by atoms with Crippen LogP contribution in [0.15, 0.2) is 84.9 Å². The molecule has 0 radical (unpaired) electrons. The van der Waals surface area contributed by atoms with Crippen molar-refractivity contribution in [3.8, 4) is 23.0 Å². The number of ether oxygens (including phenoxy) is 6. The number of amides is 2. The summed E-state index contributed by atoms with van der Waals surface area (Å²) >= 11 is 0. The Hall–Kier alpha value is -6.38. The van der Waals surface area contributed by atoms with Gasteiger partial charge in [-0.1, -0.05) is 35.4 Å². The molecule has 360 valence electrons. The highest BCUT2D eigenvalue weighted by atomic mass is 16.6. The summed E-state index contributed by atoms with van der Waals surface area (Å²) in [4.78, 5) is 62.7. The number of esters is 2. The van der Waals surface area contributed by atoms with Crippen molar-refractivity contribution >= 4 is 23.8 Å². The highest BCUT2D eigenvalue weighted by Gasteiger charge is 2.39. The van der Waals surface area contributed by atoms with E-state index in [9.17, 15) is 19.2 Å². The van der Waals surface area contributed by atoms with Gasteiger partial charge in [0.25, 0.3) is 11.8 Å². The van der Waals surface area contributed by atoms with Gasteiger partial charge in [-0.15, -0.1) is 0 Å². The molecule has 0 aromatic heterocycles. The Morgan fingerprint density at radius 3 is 1.24 bits per heavy atom. The second-order valence-electron chi connectivity index (χ2n) is 18.3. The Labute approximate surface area is 399 Å². The van der Waals surface area contributed by atoms with Crippen LogP contribution in [-0.4, -0.2) is 124 Å². The van der Waals surface area contributed by atoms with E-state index in [-0.39, 0.29) is 23.7 Å². The summed E-state index contributed by atoms with van der Waals surface area (Å²) in [7, 11) is 6.41. The molecule has 0 saturated carbocycles. The first kappa shape index (κ1) is 48.1. The average molecular weight is 929 g/mol. The number of methoxy groups -OCH3 is 4. The Balaban J connectivity index is 0.968. The number of nitrogens with zero attached hydrogens (tertiary/aromatic N) is 4. The maximum absolute atomic E-state index is 13.9. The smallest absolute Gasteiger partial charge is 0.332 e. The number of benzene rings is 4. The summed E-state index contributed by atoms with van der Waals surface area (Å²) < 4.78 is 35.8. The quantitative estimate of drug-likeness (QED) is 0.0916. The summed E-state index contributed by atoms with van der Waals surface area (Å²) in [6.07, 6.45) is 5.06. The molecule has 14 heteroatoms.